The Hall–Kier alpha value is -2.70. The van der Waals surface area contributed by atoms with Crippen LogP contribution in [0.15, 0.2) is 72.9 Å². The Labute approximate surface area is 390 Å². The lowest BCUT2D eigenvalue weighted by Crippen LogP contribution is -2.46. The molecule has 0 saturated heterocycles. The Morgan fingerprint density at radius 2 is 0.857 bits per heavy atom. The lowest BCUT2D eigenvalue weighted by atomic mass is 10.0. The van der Waals surface area contributed by atoms with E-state index in [1.807, 2.05) is 0 Å². The minimum atomic E-state index is -0.799. The summed E-state index contributed by atoms with van der Waals surface area (Å²) in [6.07, 6.45) is 64.0. The van der Waals surface area contributed by atoms with Crippen LogP contribution >= 0.6 is 0 Å². The van der Waals surface area contributed by atoms with Gasteiger partial charge in [0.25, 0.3) is 0 Å². The first-order valence-corrected chi connectivity index (χ1v) is 26.7. The summed E-state index contributed by atoms with van der Waals surface area (Å²) in [5.41, 5.74) is 0. The van der Waals surface area contributed by atoms with Crippen molar-refractivity contribution in [2.75, 3.05) is 6.61 Å². The Morgan fingerprint density at radius 1 is 0.476 bits per heavy atom. The van der Waals surface area contributed by atoms with Gasteiger partial charge in [0.05, 0.1) is 25.2 Å². The second-order valence-corrected chi connectivity index (χ2v) is 17.9. The van der Waals surface area contributed by atoms with E-state index in [1.165, 1.54) is 96.3 Å². The maximum Gasteiger partial charge on any atom is 0.306 e. The van der Waals surface area contributed by atoms with Gasteiger partial charge >= 0.3 is 5.97 Å². The number of aliphatic hydroxyl groups excluding tert-OH is 2. The topological polar surface area (TPSA) is 95.9 Å². The fourth-order valence-corrected chi connectivity index (χ4v) is 7.75. The van der Waals surface area contributed by atoms with Gasteiger partial charge in [-0.25, -0.2) is 0 Å². The number of nitrogens with one attached hydrogen (secondary N) is 1. The molecule has 3 N–H and O–H groups in total. The molecule has 0 aliphatic heterocycles. The average molecular weight is 880 g/mol. The van der Waals surface area contributed by atoms with Crippen molar-refractivity contribution in [3.8, 4) is 0 Å². The van der Waals surface area contributed by atoms with Crippen molar-refractivity contribution in [2.45, 2.75) is 270 Å². The van der Waals surface area contributed by atoms with E-state index >= 15 is 0 Å². The van der Waals surface area contributed by atoms with Gasteiger partial charge in [0, 0.05) is 6.42 Å². The van der Waals surface area contributed by atoms with Crippen molar-refractivity contribution in [3.63, 3.8) is 0 Å². The predicted molar refractivity (Wildman–Crippen MR) is 273 cm³/mol. The largest absolute Gasteiger partial charge is 0.462 e. The number of unbranched alkanes of at least 4 members (excludes halogenated alkanes) is 23. The molecule has 6 nitrogen and oxygen atoms in total. The summed E-state index contributed by atoms with van der Waals surface area (Å²) < 4.78 is 5.92. The van der Waals surface area contributed by atoms with Crippen molar-refractivity contribution in [2.24, 2.45) is 0 Å². The van der Waals surface area contributed by atoms with Crippen molar-refractivity contribution in [3.05, 3.63) is 72.9 Å². The van der Waals surface area contributed by atoms with Crippen LogP contribution in [0.3, 0.4) is 0 Å². The maximum atomic E-state index is 13.2. The van der Waals surface area contributed by atoms with E-state index < -0.39 is 18.2 Å². The van der Waals surface area contributed by atoms with Crippen LogP contribution in [0.2, 0.25) is 0 Å². The van der Waals surface area contributed by atoms with Gasteiger partial charge in [0.2, 0.25) is 5.91 Å². The second-order valence-electron chi connectivity index (χ2n) is 17.9. The molecular formula is C57H101NO5. The number of rotatable bonds is 47. The fourth-order valence-electron chi connectivity index (χ4n) is 7.75. The van der Waals surface area contributed by atoms with E-state index in [1.54, 1.807) is 0 Å². The molecular weight excluding hydrogens is 779 g/mol. The first-order valence-electron chi connectivity index (χ1n) is 26.7. The SMILES string of the molecule is CC/C=C\C/C=C\C/C=C\C/C=C\C/C=C\CCCCCC(=O)OC(CCCCC/C=C/CCCCCCCCCCC)CC(=O)NC(CO)C(O)CCCCCCCCCCC. The van der Waals surface area contributed by atoms with Crippen LogP contribution in [0.25, 0.3) is 0 Å². The molecule has 0 rings (SSSR count). The van der Waals surface area contributed by atoms with Crippen molar-refractivity contribution in [1.82, 2.24) is 5.32 Å². The highest BCUT2D eigenvalue weighted by Gasteiger charge is 2.24. The van der Waals surface area contributed by atoms with E-state index in [0.29, 0.717) is 19.3 Å². The number of hydrogen-bond donors (Lipinski definition) is 3. The molecule has 0 aromatic carbocycles. The molecule has 0 aromatic rings. The number of esters is 1. The molecule has 0 spiro atoms. The van der Waals surface area contributed by atoms with Crippen LogP contribution in [0, 0.1) is 0 Å². The number of carbonyl (C=O) groups excluding carboxylic acids is 2. The fraction of sp³-hybridized carbons (Fsp3) is 0.754. The Morgan fingerprint density at radius 3 is 1.33 bits per heavy atom. The molecule has 0 aromatic heterocycles. The first-order chi connectivity index (χ1) is 31.0. The standard InChI is InChI=1S/C57H101NO5/c1-4-7-10-13-16-19-21-23-25-27-28-29-31-33-35-38-41-44-47-50-57(62)63-53(48-45-42-39-37-34-32-30-26-24-22-20-17-14-11-8-5-2)51-56(61)58-54(52-59)55(60)49-46-43-40-36-18-15-12-9-6-3/h7,10,16,19,23,25,28-29,32-35,53-55,59-60H,4-6,8-9,11-15,17-18,20-22,24,26-27,30-31,36-52H2,1-3H3,(H,58,61)/b10-7-,19-16-,25-23-,29-28-,34-32+,35-33-. The molecule has 0 bridgehead atoms. The number of ether oxygens (including phenoxy) is 1. The minimum Gasteiger partial charge on any atom is -0.462 e. The minimum absolute atomic E-state index is 0.0513. The number of hydrogen-bond acceptors (Lipinski definition) is 5. The number of amides is 1. The summed E-state index contributed by atoms with van der Waals surface area (Å²) >= 11 is 0. The average Bonchev–Trinajstić information content (AvgIpc) is 3.28. The zero-order valence-electron chi connectivity index (χ0n) is 41.4. The molecule has 0 fully saturated rings. The Balaban J connectivity index is 4.65. The summed E-state index contributed by atoms with van der Waals surface area (Å²) in [6, 6.07) is -0.715. The summed E-state index contributed by atoms with van der Waals surface area (Å²) in [6.45, 7) is 6.34. The van der Waals surface area contributed by atoms with E-state index in [2.05, 4.69) is 99.0 Å². The third kappa shape index (κ3) is 45.7. The molecule has 3 unspecified atom stereocenters. The van der Waals surface area contributed by atoms with Gasteiger partial charge in [-0.05, 0) is 96.3 Å². The summed E-state index contributed by atoms with van der Waals surface area (Å²) in [7, 11) is 0. The molecule has 0 radical (unpaired) electrons. The molecule has 364 valence electrons. The highest BCUT2D eigenvalue weighted by atomic mass is 16.5. The first kappa shape index (κ1) is 60.3. The molecule has 3 atom stereocenters. The monoisotopic (exact) mass is 880 g/mol. The normalized spacial score (nSPS) is 13.8. The van der Waals surface area contributed by atoms with Crippen LogP contribution in [-0.2, 0) is 14.3 Å². The van der Waals surface area contributed by atoms with Crippen molar-refractivity contribution in [1.29, 1.82) is 0 Å². The summed E-state index contributed by atoms with van der Waals surface area (Å²) in [5, 5.41) is 23.7. The molecule has 6 heteroatoms. The molecule has 63 heavy (non-hydrogen) atoms. The lowest BCUT2D eigenvalue weighted by molar-refractivity contribution is -0.151. The van der Waals surface area contributed by atoms with Crippen LogP contribution < -0.4 is 5.32 Å². The lowest BCUT2D eigenvalue weighted by Gasteiger charge is -2.24. The number of carbonyl (C=O) groups is 2. The third-order valence-electron chi connectivity index (χ3n) is 11.8. The van der Waals surface area contributed by atoms with E-state index in [4.69, 9.17) is 4.74 Å². The van der Waals surface area contributed by atoms with Gasteiger partial charge in [-0.15, -0.1) is 0 Å². The predicted octanol–water partition coefficient (Wildman–Crippen LogP) is 16.2. The summed E-state index contributed by atoms with van der Waals surface area (Å²) in [5.74, 6) is -0.527. The van der Waals surface area contributed by atoms with E-state index in [9.17, 15) is 19.8 Å². The van der Waals surface area contributed by atoms with Crippen molar-refractivity contribution >= 4 is 11.9 Å². The van der Waals surface area contributed by atoms with Gasteiger partial charge in [-0.2, -0.15) is 0 Å². The highest BCUT2D eigenvalue weighted by molar-refractivity contribution is 5.77. The van der Waals surface area contributed by atoms with Crippen LogP contribution in [0.1, 0.15) is 252 Å². The molecule has 0 aliphatic carbocycles. The third-order valence-corrected chi connectivity index (χ3v) is 11.8. The number of aliphatic hydroxyl groups is 2. The zero-order chi connectivity index (χ0) is 45.9. The molecule has 1 amide bonds. The zero-order valence-corrected chi connectivity index (χ0v) is 41.4. The maximum absolute atomic E-state index is 13.2. The van der Waals surface area contributed by atoms with Gasteiger partial charge in [-0.1, -0.05) is 216 Å². The van der Waals surface area contributed by atoms with Gasteiger partial charge in [-0.3, -0.25) is 9.59 Å². The Bertz CT molecular complexity index is 1170. The number of allylic oxidation sites excluding steroid dienone is 12. The van der Waals surface area contributed by atoms with E-state index in [0.717, 1.165) is 109 Å². The van der Waals surface area contributed by atoms with Gasteiger partial charge < -0.3 is 20.3 Å². The van der Waals surface area contributed by atoms with Crippen LogP contribution in [0.4, 0.5) is 0 Å². The smallest absolute Gasteiger partial charge is 0.306 e. The molecule has 0 saturated carbocycles. The Kier molecular flexibility index (Phi) is 48.1. The quantitative estimate of drug-likeness (QED) is 0.0321. The molecule has 0 aliphatic rings. The second kappa shape index (κ2) is 50.3. The van der Waals surface area contributed by atoms with E-state index in [-0.39, 0.29) is 24.9 Å². The van der Waals surface area contributed by atoms with Gasteiger partial charge in [0.1, 0.15) is 6.10 Å². The van der Waals surface area contributed by atoms with Crippen LogP contribution in [-0.4, -0.2) is 46.9 Å². The molecule has 0 heterocycles. The van der Waals surface area contributed by atoms with Crippen molar-refractivity contribution < 1.29 is 24.5 Å². The van der Waals surface area contributed by atoms with Crippen LogP contribution in [0.5, 0.6) is 0 Å². The highest BCUT2D eigenvalue weighted by Crippen LogP contribution is 2.17. The summed E-state index contributed by atoms with van der Waals surface area (Å²) in [4.78, 5) is 26.2. The van der Waals surface area contributed by atoms with Gasteiger partial charge in [0.15, 0.2) is 0 Å².